The third kappa shape index (κ3) is 3.64. The third-order valence-corrected chi connectivity index (χ3v) is 8.71. The zero-order valence-corrected chi connectivity index (χ0v) is 22.1. The summed E-state index contributed by atoms with van der Waals surface area (Å²) in [6.45, 7) is 0. The molecule has 41 heavy (non-hydrogen) atoms. The Hall–Kier alpha value is -4.82. The van der Waals surface area contributed by atoms with Crippen LogP contribution in [-0.4, -0.2) is 44.9 Å². The number of rotatable bonds is 3. The predicted molar refractivity (Wildman–Crippen MR) is 142 cm³/mol. The van der Waals surface area contributed by atoms with Crippen molar-refractivity contribution < 1.29 is 40.9 Å². The zero-order chi connectivity index (χ0) is 29.5. The summed E-state index contributed by atoms with van der Waals surface area (Å²) in [7, 11) is -5.38. The molecule has 11 nitrogen and oxygen atoms in total. The number of fused-ring (bicyclic) bond motifs is 4. The second-order valence-electron chi connectivity index (χ2n) is 9.27. The van der Waals surface area contributed by atoms with Crippen molar-refractivity contribution in [3.8, 4) is 11.1 Å². The molecule has 0 heterocycles. The van der Waals surface area contributed by atoms with Crippen molar-refractivity contribution in [3.63, 3.8) is 0 Å². The van der Waals surface area contributed by atoms with E-state index in [1.165, 1.54) is 48.5 Å². The molecule has 1 unspecified atom stereocenters. The van der Waals surface area contributed by atoms with Crippen molar-refractivity contribution in [2.24, 2.45) is 0 Å². The fraction of sp³-hybridized carbons (Fsp3) is 0. The largest absolute Gasteiger partial charge is 0.768 e. The highest BCUT2D eigenvalue weighted by Gasteiger charge is 2.39. The number of benzene rings is 4. The highest BCUT2D eigenvalue weighted by molar-refractivity contribution is 7.86. The number of anilines is 2. The molecule has 0 fully saturated rings. The summed E-state index contributed by atoms with van der Waals surface area (Å²) in [5, 5.41) is 0. The van der Waals surface area contributed by atoms with Crippen molar-refractivity contribution in [2.45, 2.75) is 9.79 Å². The Morgan fingerprint density at radius 2 is 0.951 bits per heavy atom. The molecule has 0 bridgehead atoms. The van der Waals surface area contributed by atoms with E-state index in [1.807, 2.05) is 0 Å². The lowest BCUT2D eigenvalue weighted by atomic mass is 9.75. The van der Waals surface area contributed by atoms with Crippen molar-refractivity contribution in [2.75, 3.05) is 11.5 Å². The zero-order valence-electron chi connectivity index (χ0n) is 20.4. The molecular weight excluding hydrogens is 572 g/mol. The summed E-state index contributed by atoms with van der Waals surface area (Å²) < 4.78 is 61.3. The molecule has 4 aromatic carbocycles. The minimum atomic E-state index is -5.38. The van der Waals surface area contributed by atoms with Gasteiger partial charge in [0, 0.05) is 38.3 Å². The minimum absolute atomic E-state index is 0.0566. The van der Waals surface area contributed by atoms with Gasteiger partial charge in [-0.05, 0) is 34.3 Å². The summed E-state index contributed by atoms with van der Waals surface area (Å²) in [5.74, 6) is -3.26. The second kappa shape index (κ2) is 8.84. The van der Waals surface area contributed by atoms with Gasteiger partial charge in [0.15, 0.2) is 23.1 Å². The molecule has 0 aliphatic heterocycles. The van der Waals surface area contributed by atoms with Gasteiger partial charge in [-0.1, -0.05) is 48.5 Å². The molecule has 2 aliphatic rings. The summed E-state index contributed by atoms with van der Waals surface area (Å²) in [4.78, 5) is 53.1. The number of nitrogens with two attached hydrogens (primary N) is 2. The number of carbonyl (C=O) groups excluding carboxylic acids is 4. The number of hydrogen-bond donors (Lipinski definition) is 2. The van der Waals surface area contributed by atoms with E-state index in [-0.39, 0.29) is 22.3 Å². The van der Waals surface area contributed by atoms with Gasteiger partial charge in [0.25, 0.3) is 0 Å². The van der Waals surface area contributed by atoms with E-state index >= 15 is 0 Å². The normalized spacial score (nSPS) is 14.7. The van der Waals surface area contributed by atoms with Crippen LogP contribution in [0.5, 0.6) is 0 Å². The van der Waals surface area contributed by atoms with Crippen molar-refractivity contribution in [3.05, 3.63) is 105 Å². The Balaban J connectivity index is 1.82. The quantitative estimate of drug-likeness (QED) is 0.174. The smallest absolute Gasteiger partial charge is 0.196 e. The molecule has 0 saturated carbocycles. The lowest BCUT2D eigenvalue weighted by Gasteiger charge is -2.28. The van der Waals surface area contributed by atoms with Crippen LogP contribution in [0.4, 0.5) is 11.4 Å². The van der Waals surface area contributed by atoms with Crippen LogP contribution in [0.1, 0.15) is 63.7 Å². The van der Waals surface area contributed by atoms with Crippen molar-refractivity contribution in [1.82, 2.24) is 0 Å². The number of carbonyl (C=O) groups is 4. The van der Waals surface area contributed by atoms with Crippen LogP contribution >= 0.6 is 0 Å². The first kappa shape index (κ1) is 26.4. The standard InChI is InChI=1S/C28H16N2O9S2/c29-23-17(40(35)36)9-15(19-21(23)27(33)13-7-3-1-5-11(13)25(19)31)16-10-18(41(37,38)39)24(30)22-20(16)26(32)12-6-2-4-8-14(12)28(22)34/h1-10H,29-30H2,(H,35,36)(H,37,38,39)/p-2. The lowest BCUT2D eigenvalue weighted by Crippen LogP contribution is -2.27. The van der Waals surface area contributed by atoms with E-state index < -0.39 is 98.9 Å². The summed E-state index contributed by atoms with van der Waals surface area (Å²) in [5.41, 5.74) is 7.62. The average molecular weight is 587 g/mol. The Morgan fingerprint density at radius 1 is 0.585 bits per heavy atom. The molecule has 0 saturated heterocycles. The van der Waals surface area contributed by atoms with E-state index in [2.05, 4.69) is 0 Å². The molecule has 0 spiro atoms. The summed E-state index contributed by atoms with van der Waals surface area (Å²) in [6.07, 6.45) is 0. The van der Waals surface area contributed by atoms with Gasteiger partial charge >= 0.3 is 0 Å². The molecule has 4 N–H and O–H groups in total. The van der Waals surface area contributed by atoms with Crippen LogP contribution < -0.4 is 11.5 Å². The van der Waals surface area contributed by atoms with E-state index in [0.717, 1.165) is 6.07 Å². The van der Waals surface area contributed by atoms with Crippen LogP contribution in [-0.2, 0) is 21.2 Å². The van der Waals surface area contributed by atoms with E-state index in [9.17, 15) is 40.9 Å². The number of hydrogen-bond acceptors (Lipinski definition) is 11. The second-order valence-corrected chi connectivity index (χ2v) is 11.5. The van der Waals surface area contributed by atoms with Crippen molar-refractivity contribution in [1.29, 1.82) is 0 Å². The highest BCUT2D eigenvalue weighted by atomic mass is 32.2. The number of nitrogen functional groups attached to an aromatic ring is 2. The molecule has 0 aromatic heterocycles. The topological polar surface area (TPSA) is 218 Å². The van der Waals surface area contributed by atoms with E-state index in [1.54, 1.807) is 0 Å². The van der Waals surface area contributed by atoms with Crippen LogP contribution in [0.25, 0.3) is 11.1 Å². The molecule has 1 atom stereocenters. The Kier molecular flexibility index (Phi) is 5.69. The predicted octanol–water partition coefficient (Wildman–Crippen LogP) is 2.21. The maximum absolute atomic E-state index is 13.8. The van der Waals surface area contributed by atoms with Gasteiger partial charge < -0.3 is 20.6 Å². The van der Waals surface area contributed by atoms with Crippen LogP contribution in [0.3, 0.4) is 0 Å². The van der Waals surface area contributed by atoms with Gasteiger partial charge in [-0.2, -0.15) is 0 Å². The fourth-order valence-corrected chi connectivity index (χ4v) is 6.49. The molecule has 13 heteroatoms. The fourth-order valence-electron chi connectivity index (χ4n) is 5.36. The number of ketones is 4. The van der Waals surface area contributed by atoms with E-state index in [0.29, 0.717) is 6.07 Å². The molecular formula is C28H14N2O9S2-2. The SMILES string of the molecule is Nc1c(S(=O)[O-])cc(-c2cc(S(=O)(=O)[O-])c(N)c3c2C(=O)c2ccccc2C3=O)c2c1C(=O)c1ccccc1C2=O. The van der Waals surface area contributed by atoms with Gasteiger partial charge in [0.2, 0.25) is 0 Å². The maximum atomic E-state index is 13.8. The van der Waals surface area contributed by atoms with Gasteiger partial charge in [0.05, 0.1) is 27.4 Å². The molecule has 6 rings (SSSR count). The van der Waals surface area contributed by atoms with Gasteiger partial charge in [0.1, 0.15) is 10.1 Å². The molecule has 4 aromatic rings. The lowest BCUT2D eigenvalue weighted by molar-refractivity contribution is 0.0978. The maximum Gasteiger partial charge on any atom is 0.196 e. The first-order valence-corrected chi connectivity index (χ1v) is 14.2. The van der Waals surface area contributed by atoms with E-state index in [4.69, 9.17) is 11.5 Å². The molecule has 204 valence electrons. The molecule has 0 amide bonds. The first-order chi connectivity index (χ1) is 19.3. The minimum Gasteiger partial charge on any atom is -0.768 e. The Bertz CT molecular complexity index is 2100. The first-order valence-electron chi connectivity index (χ1n) is 11.7. The molecule has 2 aliphatic carbocycles. The third-order valence-electron chi connectivity index (χ3n) is 7.14. The monoisotopic (exact) mass is 586 g/mol. The molecule has 0 radical (unpaired) electrons. The summed E-state index contributed by atoms with van der Waals surface area (Å²) >= 11 is -3.08. The van der Waals surface area contributed by atoms with Gasteiger partial charge in [-0.3, -0.25) is 23.4 Å². The van der Waals surface area contributed by atoms with Gasteiger partial charge in [-0.15, -0.1) is 0 Å². The Morgan fingerprint density at radius 3 is 1.34 bits per heavy atom. The summed E-state index contributed by atoms with van der Waals surface area (Å²) in [6, 6.07) is 12.9. The highest BCUT2D eigenvalue weighted by Crippen LogP contribution is 2.45. The van der Waals surface area contributed by atoms with Crippen molar-refractivity contribution >= 4 is 55.7 Å². The van der Waals surface area contributed by atoms with Crippen LogP contribution in [0, 0.1) is 0 Å². The average Bonchev–Trinajstić information content (AvgIpc) is 2.93. The van der Waals surface area contributed by atoms with Crippen LogP contribution in [0.2, 0.25) is 0 Å². The Labute approximate surface area is 233 Å². The van der Waals surface area contributed by atoms with Gasteiger partial charge in [-0.25, -0.2) is 8.42 Å². The van der Waals surface area contributed by atoms with Crippen LogP contribution in [0.15, 0.2) is 70.5 Å².